The Balaban J connectivity index is 2.55. The van der Waals surface area contributed by atoms with Gasteiger partial charge in [0.2, 0.25) is 0 Å². The van der Waals surface area contributed by atoms with Crippen LogP contribution in [0.3, 0.4) is 0 Å². The highest BCUT2D eigenvalue weighted by Gasteiger charge is 2.16. The van der Waals surface area contributed by atoms with E-state index in [0.717, 1.165) is 5.39 Å². The fourth-order valence-corrected chi connectivity index (χ4v) is 1.80. The molecule has 1 heterocycles. The molecule has 0 amide bonds. The second-order valence-electron chi connectivity index (χ2n) is 3.19. The zero-order valence-electron chi connectivity index (χ0n) is 8.01. The van der Waals surface area contributed by atoms with Crippen molar-refractivity contribution in [2.24, 2.45) is 5.50 Å². The van der Waals surface area contributed by atoms with E-state index in [2.05, 4.69) is 0 Å². The first kappa shape index (κ1) is 10.2. The Bertz CT molecular complexity index is 542. The summed E-state index contributed by atoms with van der Waals surface area (Å²) in [5.74, 6) is 0.875. The third-order valence-corrected chi connectivity index (χ3v) is 2.32. The summed E-state index contributed by atoms with van der Waals surface area (Å²) in [5, 5.41) is 0.804. The fourth-order valence-electron chi connectivity index (χ4n) is 1.38. The lowest BCUT2D eigenvalue weighted by atomic mass is 10.2. The molecule has 5 nitrogen and oxygen atoms in total. The van der Waals surface area contributed by atoms with Crippen molar-refractivity contribution in [1.29, 1.82) is 0 Å². The molecule has 15 heavy (non-hydrogen) atoms. The summed E-state index contributed by atoms with van der Waals surface area (Å²) in [7, 11) is -4.04. The average molecular weight is 227 g/mol. The molecule has 0 aliphatic carbocycles. The highest BCUT2D eigenvalue weighted by atomic mass is 31.2. The Labute approximate surface area is 86.0 Å². The molecular weight excluding hydrogens is 217 g/mol. The molecule has 2 aromatic rings. The molecule has 2 rings (SSSR count). The predicted molar refractivity (Wildman–Crippen MR) is 55.6 cm³/mol. The third-order valence-electron chi connectivity index (χ3n) is 1.86. The van der Waals surface area contributed by atoms with Crippen LogP contribution in [0.15, 0.2) is 28.7 Å². The molecule has 1 aromatic carbocycles. The molecule has 0 aliphatic heterocycles. The quantitative estimate of drug-likeness (QED) is 0.768. The standard InChI is InChI=1S/C9H10NO4P/c1-6-5-7-3-2-4-8(9(7)13-6)14-15(10,11)12/h2-5H,1H3,(H3,10,11,12). The molecular formula is C9H10NO4P. The van der Waals surface area contributed by atoms with E-state index in [-0.39, 0.29) is 5.75 Å². The highest BCUT2D eigenvalue weighted by molar-refractivity contribution is 7.50. The van der Waals surface area contributed by atoms with Crippen LogP contribution < -0.4 is 10.0 Å². The Hall–Kier alpha value is -1.29. The van der Waals surface area contributed by atoms with E-state index in [0.29, 0.717) is 11.3 Å². The van der Waals surface area contributed by atoms with Crippen molar-refractivity contribution in [3.05, 3.63) is 30.0 Å². The molecule has 0 saturated carbocycles. The predicted octanol–water partition coefficient (Wildman–Crippen LogP) is 2.18. The van der Waals surface area contributed by atoms with Gasteiger partial charge in [0.05, 0.1) is 0 Å². The molecule has 1 aromatic heterocycles. The van der Waals surface area contributed by atoms with Gasteiger partial charge in [-0.05, 0) is 19.1 Å². The molecule has 0 aliphatic rings. The number of furan rings is 1. The Kier molecular flexibility index (Phi) is 2.31. The van der Waals surface area contributed by atoms with E-state index >= 15 is 0 Å². The van der Waals surface area contributed by atoms with Gasteiger partial charge in [0.1, 0.15) is 5.76 Å². The maximum Gasteiger partial charge on any atom is 0.453 e. The normalized spacial score (nSPS) is 15.1. The first-order chi connectivity index (χ1) is 6.96. The third kappa shape index (κ3) is 2.21. The second kappa shape index (κ2) is 3.38. The molecule has 6 heteroatoms. The van der Waals surface area contributed by atoms with Crippen LogP contribution in [0.5, 0.6) is 5.75 Å². The number of nitrogens with two attached hydrogens (primary N) is 1. The SMILES string of the molecule is Cc1cc2cccc(OP(N)(=O)O)c2o1. The number of rotatable bonds is 2. The van der Waals surface area contributed by atoms with Gasteiger partial charge in [-0.15, -0.1) is 0 Å². The summed E-state index contributed by atoms with van der Waals surface area (Å²) in [6.45, 7) is 1.78. The summed E-state index contributed by atoms with van der Waals surface area (Å²) < 4.78 is 21.0. The van der Waals surface area contributed by atoms with Gasteiger partial charge in [0.15, 0.2) is 11.3 Å². The van der Waals surface area contributed by atoms with Gasteiger partial charge in [0.25, 0.3) is 0 Å². The van der Waals surface area contributed by atoms with E-state index in [1.165, 1.54) is 6.07 Å². The van der Waals surface area contributed by atoms with Crippen molar-refractivity contribution < 1.29 is 18.4 Å². The van der Waals surface area contributed by atoms with Crippen LogP contribution in [-0.4, -0.2) is 4.89 Å². The number of aryl methyl sites for hydroxylation is 1. The summed E-state index contributed by atoms with van der Waals surface area (Å²) in [6.07, 6.45) is 0. The smallest absolute Gasteiger partial charge is 0.453 e. The topological polar surface area (TPSA) is 85.7 Å². The van der Waals surface area contributed by atoms with Gasteiger partial charge in [-0.2, -0.15) is 0 Å². The summed E-state index contributed by atoms with van der Waals surface area (Å²) >= 11 is 0. The average Bonchev–Trinajstić information content (AvgIpc) is 2.43. The van der Waals surface area contributed by atoms with Crippen LogP contribution in [0.25, 0.3) is 11.0 Å². The number of hydrogen-bond acceptors (Lipinski definition) is 3. The van der Waals surface area contributed by atoms with Crippen molar-refractivity contribution in [3.63, 3.8) is 0 Å². The van der Waals surface area contributed by atoms with E-state index < -0.39 is 7.75 Å². The first-order valence-electron chi connectivity index (χ1n) is 4.26. The fraction of sp³-hybridized carbons (Fsp3) is 0.111. The van der Waals surface area contributed by atoms with Crippen LogP contribution >= 0.6 is 7.75 Å². The Morgan fingerprint density at radius 1 is 1.53 bits per heavy atom. The van der Waals surface area contributed by atoms with Gasteiger partial charge in [-0.1, -0.05) is 12.1 Å². The lowest BCUT2D eigenvalue weighted by molar-refractivity contribution is 0.379. The molecule has 1 atom stereocenters. The highest BCUT2D eigenvalue weighted by Crippen LogP contribution is 2.38. The molecule has 0 spiro atoms. The minimum Gasteiger partial charge on any atom is -0.457 e. The zero-order valence-corrected chi connectivity index (χ0v) is 8.90. The lowest BCUT2D eigenvalue weighted by Crippen LogP contribution is -2.00. The van der Waals surface area contributed by atoms with Crippen LogP contribution in [0.4, 0.5) is 0 Å². The van der Waals surface area contributed by atoms with Crippen LogP contribution in [0.2, 0.25) is 0 Å². The number of fused-ring (bicyclic) bond motifs is 1. The van der Waals surface area contributed by atoms with Gasteiger partial charge >= 0.3 is 7.75 Å². The Morgan fingerprint density at radius 2 is 2.27 bits per heavy atom. The minimum atomic E-state index is -4.04. The van der Waals surface area contributed by atoms with Crippen molar-refractivity contribution >= 4 is 18.7 Å². The van der Waals surface area contributed by atoms with Crippen molar-refractivity contribution in [2.45, 2.75) is 6.92 Å². The van der Waals surface area contributed by atoms with Crippen LogP contribution in [-0.2, 0) is 4.57 Å². The summed E-state index contributed by atoms with van der Waals surface area (Å²) in [6, 6.07) is 6.85. The number of hydrogen-bond donors (Lipinski definition) is 2. The van der Waals surface area contributed by atoms with Crippen LogP contribution in [0.1, 0.15) is 5.76 Å². The monoisotopic (exact) mass is 227 g/mol. The first-order valence-corrected chi connectivity index (χ1v) is 5.90. The molecule has 0 bridgehead atoms. The molecule has 1 unspecified atom stereocenters. The van der Waals surface area contributed by atoms with Gasteiger partial charge in [-0.3, -0.25) is 0 Å². The van der Waals surface area contributed by atoms with Gasteiger partial charge in [0, 0.05) is 5.39 Å². The van der Waals surface area contributed by atoms with Crippen molar-refractivity contribution in [3.8, 4) is 5.75 Å². The van der Waals surface area contributed by atoms with E-state index in [4.69, 9.17) is 19.3 Å². The Morgan fingerprint density at radius 3 is 2.93 bits per heavy atom. The van der Waals surface area contributed by atoms with Crippen molar-refractivity contribution in [1.82, 2.24) is 0 Å². The maximum absolute atomic E-state index is 10.9. The molecule has 0 radical (unpaired) electrons. The molecule has 0 saturated heterocycles. The van der Waals surface area contributed by atoms with E-state index in [1.54, 1.807) is 19.1 Å². The minimum absolute atomic E-state index is 0.175. The molecule has 3 N–H and O–H groups in total. The van der Waals surface area contributed by atoms with E-state index in [9.17, 15) is 4.57 Å². The summed E-state index contributed by atoms with van der Waals surface area (Å²) in [5.41, 5.74) is 5.34. The molecule has 80 valence electrons. The molecule has 0 fully saturated rings. The number of benzene rings is 1. The number of para-hydroxylation sites is 1. The van der Waals surface area contributed by atoms with Gasteiger partial charge in [-0.25, -0.2) is 10.1 Å². The largest absolute Gasteiger partial charge is 0.457 e. The summed E-state index contributed by atoms with van der Waals surface area (Å²) in [4.78, 5) is 8.91. The van der Waals surface area contributed by atoms with Crippen molar-refractivity contribution in [2.75, 3.05) is 0 Å². The lowest BCUT2D eigenvalue weighted by Gasteiger charge is -2.07. The second-order valence-corrected chi connectivity index (χ2v) is 4.50. The zero-order chi connectivity index (χ0) is 11.1. The van der Waals surface area contributed by atoms with Gasteiger partial charge < -0.3 is 13.8 Å². The van der Waals surface area contributed by atoms with Crippen LogP contribution in [0, 0.1) is 6.92 Å². The maximum atomic E-state index is 10.9. The van der Waals surface area contributed by atoms with E-state index in [1.807, 2.05) is 6.07 Å².